The quantitative estimate of drug-likeness (QED) is 0.719. The summed E-state index contributed by atoms with van der Waals surface area (Å²) in [7, 11) is 0. The summed E-state index contributed by atoms with van der Waals surface area (Å²) in [5, 5.41) is 14.4. The number of carbonyl (C=O) groups is 2. The molecule has 0 radical (unpaired) electrons. The molecule has 1 aromatic rings. The van der Waals surface area contributed by atoms with E-state index in [0.717, 1.165) is 5.56 Å². The van der Waals surface area contributed by atoms with Gasteiger partial charge in [-0.15, -0.1) is 0 Å². The maximum absolute atomic E-state index is 11.7. The van der Waals surface area contributed by atoms with E-state index >= 15 is 0 Å². The maximum Gasteiger partial charge on any atom is 0.224 e. The normalized spacial score (nSPS) is 11.7. The number of hydrogen-bond donors (Lipinski definition) is 3. The SMILES string of the molecule is CCC(CO)NC(=O)Cc1ccc(NC(C)=O)cc1. The molecule has 3 N–H and O–H groups in total. The van der Waals surface area contributed by atoms with Crippen LogP contribution < -0.4 is 10.6 Å². The molecule has 0 aliphatic heterocycles. The van der Waals surface area contributed by atoms with E-state index in [1.807, 2.05) is 6.92 Å². The van der Waals surface area contributed by atoms with Crippen LogP contribution >= 0.6 is 0 Å². The fourth-order valence-electron chi connectivity index (χ4n) is 1.65. The van der Waals surface area contributed by atoms with Gasteiger partial charge in [0.15, 0.2) is 0 Å². The molecule has 0 aliphatic rings. The number of aliphatic hydroxyl groups is 1. The lowest BCUT2D eigenvalue weighted by Gasteiger charge is -2.14. The zero-order valence-corrected chi connectivity index (χ0v) is 11.3. The van der Waals surface area contributed by atoms with Gasteiger partial charge in [0.05, 0.1) is 19.1 Å². The second kappa shape index (κ2) is 7.53. The summed E-state index contributed by atoms with van der Waals surface area (Å²) in [5.74, 6) is -0.243. The van der Waals surface area contributed by atoms with Gasteiger partial charge in [-0.1, -0.05) is 19.1 Å². The van der Waals surface area contributed by atoms with E-state index in [1.165, 1.54) is 6.92 Å². The second-order valence-electron chi connectivity index (χ2n) is 4.41. The maximum atomic E-state index is 11.7. The topological polar surface area (TPSA) is 78.4 Å². The minimum Gasteiger partial charge on any atom is -0.394 e. The van der Waals surface area contributed by atoms with Gasteiger partial charge in [-0.2, -0.15) is 0 Å². The molecule has 0 bridgehead atoms. The molecule has 1 atom stereocenters. The third-order valence-corrected chi connectivity index (χ3v) is 2.72. The van der Waals surface area contributed by atoms with Gasteiger partial charge in [0.2, 0.25) is 11.8 Å². The summed E-state index contributed by atoms with van der Waals surface area (Å²) in [6, 6.07) is 6.92. The van der Waals surface area contributed by atoms with E-state index in [1.54, 1.807) is 24.3 Å². The van der Waals surface area contributed by atoms with E-state index < -0.39 is 0 Å². The van der Waals surface area contributed by atoms with Crippen LogP contribution in [0.4, 0.5) is 5.69 Å². The molecule has 2 amide bonds. The smallest absolute Gasteiger partial charge is 0.224 e. The largest absolute Gasteiger partial charge is 0.394 e. The third kappa shape index (κ3) is 5.52. The van der Waals surface area contributed by atoms with Crippen molar-refractivity contribution in [3.05, 3.63) is 29.8 Å². The van der Waals surface area contributed by atoms with Gasteiger partial charge >= 0.3 is 0 Å². The standard InChI is InChI=1S/C14H20N2O3/c1-3-12(9-17)16-14(19)8-11-4-6-13(7-5-11)15-10(2)18/h4-7,12,17H,3,8-9H2,1-2H3,(H,15,18)(H,16,19). The predicted octanol–water partition coefficient (Wildman–Crippen LogP) is 1.07. The van der Waals surface area contributed by atoms with Gasteiger partial charge < -0.3 is 15.7 Å². The Morgan fingerprint density at radius 3 is 2.37 bits per heavy atom. The average molecular weight is 264 g/mol. The van der Waals surface area contributed by atoms with E-state index in [-0.39, 0.29) is 30.9 Å². The van der Waals surface area contributed by atoms with Crippen LogP contribution in [0.5, 0.6) is 0 Å². The van der Waals surface area contributed by atoms with Gasteiger partial charge in [-0.25, -0.2) is 0 Å². The van der Waals surface area contributed by atoms with Crippen molar-refractivity contribution in [1.82, 2.24) is 5.32 Å². The fourth-order valence-corrected chi connectivity index (χ4v) is 1.65. The monoisotopic (exact) mass is 264 g/mol. The number of amides is 2. The first-order chi connectivity index (χ1) is 9.05. The number of hydrogen-bond acceptors (Lipinski definition) is 3. The van der Waals surface area contributed by atoms with Crippen molar-refractivity contribution < 1.29 is 14.7 Å². The highest BCUT2D eigenvalue weighted by Gasteiger charge is 2.09. The summed E-state index contributed by atoms with van der Waals surface area (Å²) in [5.41, 5.74) is 1.57. The molecule has 5 heteroatoms. The highest BCUT2D eigenvalue weighted by atomic mass is 16.3. The Hall–Kier alpha value is -1.88. The summed E-state index contributed by atoms with van der Waals surface area (Å²) < 4.78 is 0. The molecule has 1 unspecified atom stereocenters. The Kier molecular flexibility index (Phi) is 6.02. The highest BCUT2D eigenvalue weighted by Crippen LogP contribution is 2.10. The number of rotatable bonds is 6. The van der Waals surface area contributed by atoms with Crippen molar-refractivity contribution >= 4 is 17.5 Å². The third-order valence-electron chi connectivity index (χ3n) is 2.72. The minimum absolute atomic E-state index is 0.0519. The molecule has 0 fully saturated rings. The van der Waals surface area contributed by atoms with E-state index in [4.69, 9.17) is 5.11 Å². The molecule has 0 aliphatic carbocycles. The van der Waals surface area contributed by atoms with Crippen LogP contribution in [0, 0.1) is 0 Å². The Balaban J connectivity index is 2.53. The summed E-state index contributed by atoms with van der Waals surface area (Å²) in [6.45, 7) is 3.30. The van der Waals surface area contributed by atoms with Crippen LogP contribution in [-0.2, 0) is 16.0 Å². The van der Waals surface area contributed by atoms with Crippen molar-refractivity contribution in [1.29, 1.82) is 0 Å². The van der Waals surface area contributed by atoms with Crippen LogP contribution in [0.25, 0.3) is 0 Å². The minimum atomic E-state index is -0.189. The van der Waals surface area contributed by atoms with Crippen LogP contribution in [-0.4, -0.2) is 29.6 Å². The zero-order valence-electron chi connectivity index (χ0n) is 11.3. The molecule has 104 valence electrons. The van der Waals surface area contributed by atoms with Crippen LogP contribution in [0.3, 0.4) is 0 Å². The molecular weight excluding hydrogens is 244 g/mol. The number of anilines is 1. The van der Waals surface area contributed by atoms with Gasteiger partial charge in [0, 0.05) is 12.6 Å². The molecule has 19 heavy (non-hydrogen) atoms. The first-order valence-electron chi connectivity index (χ1n) is 6.32. The summed E-state index contributed by atoms with van der Waals surface area (Å²) in [6.07, 6.45) is 0.959. The number of benzene rings is 1. The van der Waals surface area contributed by atoms with Crippen molar-refractivity contribution in [2.75, 3.05) is 11.9 Å². The highest BCUT2D eigenvalue weighted by molar-refractivity contribution is 5.88. The predicted molar refractivity (Wildman–Crippen MR) is 73.8 cm³/mol. The molecule has 0 heterocycles. The van der Waals surface area contributed by atoms with E-state index in [2.05, 4.69) is 10.6 Å². The van der Waals surface area contributed by atoms with Crippen LogP contribution in [0.2, 0.25) is 0 Å². The summed E-state index contributed by atoms with van der Waals surface area (Å²) >= 11 is 0. The van der Waals surface area contributed by atoms with Crippen molar-refractivity contribution in [2.24, 2.45) is 0 Å². The fraction of sp³-hybridized carbons (Fsp3) is 0.429. The zero-order chi connectivity index (χ0) is 14.3. The van der Waals surface area contributed by atoms with Crippen molar-refractivity contribution in [3.8, 4) is 0 Å². The van der Waals surface area contributed by atoms with Crippen LogP contribution in [0.15, 0.2) is 24.3 Å². The molecular formula is C14H20N2O3. The molecule has 0 saturated carbocycles. The first kappa shape index (κ1) is 15.2. The number of aliphatic hydroxyl groups excluding tert-OH is 1. The van der Waals surface area contributed by atoms with E-state index in [0.29, 0.717) is 12.1 Å². The second-order valence-corrected chi connectivity index (χ2v) is 4.41. The Labute approximate surface area is 113 Å². The van der Waals surface area contributed by atoms with Gasteiger partial charge in [-0.05, 0) is 24.1 Å². The molecule has 0 aromatic heterocycles. The Bertz CT molecular complexity index is 425. The van der Waals surface area contributed by atoms with E-state index in [9.17, 15) is 9.59 Å². The van der Waals surface area contributed by atoms with Gasteiger partial charge in [0.25, 0.3) is 0 Å². The lowest BCUT2D eigenvalue weighted by Crippen LogP contribution is -2.37. The first-order valence-corrected chi connectivity index (χ1v) is 6.32. The van der Waals surface area contributed by atoms with Crippen molar-refractivity contribution in [2.45, 2.75) is 32.7 Å². The molecule has 0 spiro atoms. The Morgan fingerprint density at radius 1 is 1.26 bits per heavy atom. The molecule has 1 aromatic carbocycles. The van der Waals surface area contributed by atoms with Crippen molar-refractivity contribution in [3.63, 3.8) is 0 Å². The number of carbonyl (C=O) groups excluding carboxylic acids is 2. The van der Waals surface area contributed by atoms with Crippen LogP contribution in [0.1, 0.15) is 25.8 Å². The molecule has 0 saturated heterocycles. The lowest BCUT2D eigenvalue weighted by molar-refractivity contribution is -0.121. The lowest BCUT2D eigenvalue weighted by atomic mass is 10.1. The molecule has 1 rings (SSSR count). The average Bonchev–Trinajstić information content (AvgIpc) is 2.37. The van der Waals surface area contributed by atoms with Gasteiger partial charge in [0.1, 0.15) is 0 Å². The van der Waals surface area contributed by atoms with Gasteiger partial charge in [-0.3, -0.25) is 9.59 Å². The Morgan fingerprint density at radius 2 is 1.89 bits per heavy atom. The summed E-state index contributed by atoms with van der Waals surface area (Å²) in [4.78, 5) is 22.6. The molecule has 5 nitrogen and oxygen atoms in total. The number of nitrogens with one attached hydrogen (secondary N) is 2.